The molecule has 9 nitrogen and oxygen atoms in total. The summed E-state index contributed by atoms with van der Waals surface area (Å²) >= 11 is 0. The zero-order valence-electron chi connectivity index (χ0n) is 30.9. The summed E-state index contributed by atoms with van der Waals surface area (Å²) in [7, 11) is 1.72. The summed E-state index contributed by atoms with van der Waals surface area (Å²) < 4.78 is 12.2. The molecule has 0 aromatic carbocycles. The normalized spacial score (nSPS) is 22.4. The van der Waals surface area contributed by atoms with E-state index in [0.29, 0.717) is 38.0 Å². The van der Waals surface area contributed by atoms with Gasteiger partial charge in [-0.25, -0.2) is 0 Å². The van der Waals surface area contributed by atoms with E-state index in [2.05, 4.69) is 22.9 Å². The van der Waals surface area contributed by atoms with E-state index in [9.17, 15) is 14.4 Å². The zero-order valence-corrected chi connectivity index (χ0v) is 30.9. The highest BCUT2D eigenvalue weighted by Crippen LogP contribution is 2.31. The third kappa shape index (κ3) is 13.3. The number of carbonyl (C=O) groups excluding carboxylic acids is 3. The Morgan fingerprint density at radius 3 is 1.89 bits per heavy atom. The fraction of sp³-hybridized carbons (Fsp3) is 0.921. The molecule has 0 radical (unpaired) electrons. The van der Waals surface area contributed by atoms with Crippen molar-refractivity contribution in [2.24, 2.45) is 23.2 Å². The van der Waals surface area contributed by atoms with Crippen molar-refractivity contribution in [2.75, 3.05) is 40.0 Å². The summed E-state index contributed by atoms with van der Waals surface area (Å²) in [5.74, 6) is 1.45. The van der Waals surface area contributed by atoms with Gasteiger partial charge in [-0.05, 0) is 75.7 Å². The minimum atomic E-state index is -0.714. The van der Waals surface area contributed by atoms with Crippen molar-refractivity contribution in [3.05, 3.63) is 0 Å². The fourth-order valence-corrected chi connectivity index (χ4v) is 7.71. The van der Waals surface area contributed by atoms with Crippen LogP contribution in [0.1, 0.15) is 137 Å². The molecule has 2 aliphatic carbocycles. The lowest BCUT2D eigenvalue weighted by Gasteiger charge is -2.37. The van der Waals surface area contributed by atoms with Gasteiger partial charge in [0.05, 0.1) is 18.7 Å². The minimum absolute atomic E-state index is 0.0468. The molecule has 47 heavy (non-hydrogen) atoms. The quantitative estimate of drug-likeness (QED) is 0.147. The summed E-state index contributed by atoms with van der Waals surface area (Å²) in [5, 5.41) is 9.25. The van der Waals surface area contributed by atoms with E-state index in [-0.39, 0.29) is 23.8 Å². The van der Waals surface area contributed by atoms with Crippen molar-refractivity contribution in [1.82, 2.24) is 20.9 Å². The van der Waals surface area contributed by atoms with Crippen molar-refractivity contribution in [1.29, 1.82) is 0 Å². The third-order valence-electron chi connectivity index (χ3n) is 11.1. The van der Waals surface area contributed by atoms with Crippen LogP contribution in [0.4, 0.5) is 0 Å². The molecule has 1 heterocycles. The van der Waals surface area contributed by atoms with Crippen LogP contribution in [0.2, 0.25) is 0 Å². The van der Waals surface area contributed by atoms with Crippen molar-refractivity contribution >= 4 is 17.7 Å². The molecule has 0 unspecified atom stereocenters. The molecular weight excluding hydrogens is 592 g/mol. The van der Waals surface area contributed by atoms with Gasteiger partial charge in [0.1, 0.15) is 12.1 Å². The van der Waals surface area contributed by atoms with E-state index in [1.165, 1.54) is 51.4 Å². The zero-order chi connectivity index (χ0) is 34.2. The van der Waals surface area contributed by atoms with Crippen LogP contribution in [-0.2, 0) is 23.9 Å². The first kappa shape index (κ1) is 39.7. The molecule has 3 fully saturated rings. The number of rotatable bonds is 19. The predicted octanol–water partition coefficient (Wildman–Crippen LogP) is 5.99. The lowest BCUT2D eigenvalue weighted by atomic mass is 9.81. The first-order valence-electron chi connectivity index (χ1n) is 19.3. The SMILES string of the molecule is CN[C@@H](C)C(=O)N[C@H](C(=O)N1CCC[C@H]1C(=O)N[C@H](COCCCCCCOC[C@@H](C)C1CCCCC1)C1CCCCC1)C(C)(C)C. The Balaban J connectivity index is 1.43. The maximum Gasteiger partial charge on any atom is 0.246 e. The Bertz CT molecular complexity index is 928. The lowest BCUT2D eigenvalue weighted by Crippen LogP contribution is -2.60. The summed E-state index contributed by atoms with van der Waals surface area (Å²) in [6.07, 6.45) is 18.6. The summed E-state index contributed by atoms with van der Waals surface area (Å²) in [6, 6.07) is -1.70. The lowest BCUT2D eigenvalue weighted by molar-refractivity contribution is -0.144. The molecule has 0 bridgehead atoms. The molecule has 0 aromatic heterocycles. The summed E-state index contributed by atoms with van der Waals surface area (Å²) in [4.78, 5) is 42.1. The number of ether oxygens (including phenoxy) is 2. The summed E-state index contributed by atoms with van der Waals surface area (Å²) in [5.41, 5.74) is -0.498. The Morgan fingerprint density at radius 1 is 0.745 bits per heavy atom. The largest absolute Gasteiger partial charge is 0.381 e. The molecule has 3 aliphatic rings. The number of nitrogens with zero attached hydrogens (tertiary/aromatic N) is 1. The second kappa shape index (κ2) is 20.7. The third-order valence-corrected chi connectivity index (χ3v) is 11.1. The van der Waals surface area contributed by atoms with Gasteiger partial charge in [-0.3, -0.25) is 14.4 Å². The van der Waals surface area contributed by atoms with Crippen molar-refractivity contribution in [2.45, 2.75) is 162 Å². The van der Waals surface area contributed by atoms with Crippen LogP contribution in [0.25, 0.3) is 0 Å². The van der Waals surface area contributed by atoms with Crippen LogP contribution in [0.5, 0.6) is 0 Å². The number of nitrogens with one attached hydrogen (secondary N) is 3. The van der Waals surface area contributed by atoms with Gasteiger partial charge in [-0.1, -0.05) is 91.9 Å². The summed E-state index contributed by atoms with van der Waals surface area (Å²) in [6.45, 7) is 13.5. The number of hydrogen-bond donors (Lipinski definition) is 3. The molecule has 3 amide bonds. The molecule has 3 rings (SSSR count). The van der Waals surface area contributed by atoms with Crippen LogP contribution >= 0.6 is 0 Å². The molecule has 1 saturated heterocycles. The van der Waals surface area contributed by atoms with Gasteiger partial charge in [0.15, 0.2) is 0 Å². The monoisotopic (exact) mass is 663 g/mol. The number of hydrogen-bond acceptors (Lipinski definition) is 6. The second-order valence-corrected chi connectivity index (χ2v) is 16.0. The van der Waals surface area contributed by atoms with Crippen molar-refractivity contribution < 1.29 is 23.9 Å². The molecule has 2 saturated carbocycles. The highest BCUT2D eigenvalue weighted by atomic mass is 16.5. The maximum absolute atomic E-state index is 13.9. The van der Waals surface area contributed by atoms with E-state index in [1.807, 2.05) is 20.8 Å². The molecular formula is C38H70N4O5. The number of unbranched alkanes of at least 4 members (excludes halogenated alkanes) is 3. The first-order valence-corrected chi connectivity index (χ1v) is 19.3. The minimum Gasteiger partial charge on any atom is -0.381 e. The Morgan fingerprint density at radius 2 is 1.32 bits per heavy atom. The molecule has 5 atom stereocenters. The topological polar surface area (TPSA) is 109 Å². The average molecular weight is 663 g/mol. The van der Waals surface area contributed by atoms with Crippen LogP contribution in [-0.4, -0.2) is 86.8 Å². The van der Waals surface area contributed by atoms with Gasteiger partial charge >= 0.3 is 0 Å². The van der Waals surface area contributed by atoms with Gasteiger partial charge < -0.3 is 30.3 Å². The smallest absolute Gasteiger partial charge is 0.246 e. The van der Waals surface area contributed by atoms with Gasteiger partial charge in [0, 0.05) is 26.4 Å². The van der Waals surface area contributed by atoms with Gasteiger partial charge in [0.25, 0.3) is 0 Å². The number of carbonyl (C=O) groups is 3. The van der Waals surface area contributed by atoms with Crippen LogP contribution < -0.4 is 16.0 Å². The highest BCUT2D eigenvalue weighted by Gasteiger charge is 2.43. The van der Waals surface area contributed by atoms with Gasteiger partial charge in [0.2, 0.25) is 17.7 Å². The van der Waals surface area contributed by atoms with Crippen LogP contribution in [0, 0.1) is 23.2 Å². The van der Waals surface area contributed by atoms with E-state index in [1.54, 1.807) is 18.9 Å². The van der Waals surface area contributed by atoms with Crippen molar-refractivity contribution in [3.63, 3.8) is 0 Å². The standard InChI is InChI=1S/C38H70N4O5/c1-28(30-18-11-9-12-19-30)26-46-24-15-7-8-16-25-47-27-32(31-20-13-10-14-21-31)40-36(44)33-22-17-23-42(33)37(45)34(38(3,4)5)41-35(43)29(2)39-6/h28-34,39H,7-27H2,1-6H3,(H,40,44)(H,41,43)/t28-,29+,32-,33+,34-/m1/s1. The Kier molecular flexibility index (Phi) is 17.5. The maximum atomic E-state index is 13.9. The fourth-order valence-electron chi connectivity index (χ4n) is 7.71. The molecule has 3 N–H and O–H groups in total. The molecule has 0 spiro atoms. The number of likely N-dealkylation sites (N-methyl/N-ethyl adjacent to an activating group) is 1. The Labute approximate surface area is 286 Å². The Hall–Kier alpha value is -1.71. The van der Waals surface area contributed by atoms with Crippen LogP contribution in [0.15, 0.2) is 0 Å². The first-order chi connectivity index (χ1) is 22.5. The predicted molar refractivity (Wildman–Crippen MR) is 189 cm³/mol. The van der Waals surface area contributed by atoms with E-state index in [0.717, 1.165) is 64.1 Å². The van der Waals surface area contributed by atoms with Crippen molar-refractivity contribution in [3.8, 4) is 0 Å². The molecule has 0 aromatic rings. The highest BCUT2D eigenvalue weighted by molar-refractivity contribution is 5.94. The number of amides is 3. The molecule has 272 valence electrons. The second-order valence-electron chi connectivity index (χ2n) is 16.0. The van der Waals surface area contributed by atoms with E-state index < -0.39 is 23.5 Å². The van der Waals surface area contributed by atoms with Crippen LogP contribution in [0.3, 0.4) is 0 Å². The van der Waals surface area contributed by atoms with Gasteiger partial charge in [-0.2, -0.15) is 0 Å². The van der Waals surface area contributed by atoms with E-state index >= 15 is 0 Å². The number of likely N-dealkylation sites (tertiary alicyclic amines) is 1. The van der Waals surface area contributed by atoms with E-state index in [4.69, 9.17) is 9.47 Å². The average Bonchev–Trinajstić information content (AvgIpc) is 3.57. The molecule has 9 heteroatoms. The van der Waals surface area contributed by atoms with Gasteiger partial charge in [-0.15, -0.1) is 0 Å². The molecule has 1 aliphatic heterocycles.